The lowest BCUT2D eigenvalue weighted by Crippen LogP contribution is -2.30. The molecule has 3 aromatic heterocycles. The number of methoxy groups -OCH3 is 1. The molecule has 0 bridgehead atoms. The molecule has 0 aliphatic carbocycles. The van der Waals surface area contributed by atoms with Gasteiger partial charge in [-0.05, 0) is 75.9 Å². The molecule has 0 saturated carbocycles. The Morgan fingerprint density at radius 1 is 1.31 bits per heavy atom. The Balaban J connectivity index is 1.67. The summed E-state index contributed by atoms with van der Waals surface area (Å²) in [4.78, 5) is 28.7. The SMILES string of the molecule is COc1cc(C)[nH]c(=O)c1CCC(=O)c1c(C)c(C(C)C2CCNCC2)n2ncccc12. The molecule has 1 unspecified atom stereocenters. The minimum atomic E-state index is -0.199. The lowest BCUT2D eigenvalue weighted by atomic mass is 9.82. The predicted molar refractivity (Wildman–Crippen MR) is 125 cm³/mol. The highest BCUT2D eigenvalue weighted by molar-refractivity contribution is 6.04. The summed E-state index contributed by atoms with van der Waals surface area (Å²) in [6.07, 6.45) is 4.59. The van der Waals surface area contributed by atoms with Crippen LogP contribution in [0.4, 0.5) is 0 Å². The first-order valence-corrected chi connectivity index (χ1v) is 11.4. The molecule has 1 aliphatic rings. The summed E-state index contributed by atoms with van der Waals surface area (Å²) >= 11 is 0. The molecule has 1 fully saturated rings. The molecular weight excluding hydrogens is 404 g/mol. The Morgan fingerprint density at radius 3 is 2.78 bits per heavy atom. The number of ether oxygens (including phenoxy) is 1. The summed E-state index contributed by atoms with van der Waals surface area (Å²) in [6, 6.07) is 5.63. The van der Waals surface area contributed by atoms with Gasteiger partial charge in [0.25, 0.3) is 5.56 Å². The highest BCUT2D eigenvalue weighted by Crippen LogP contribution is 2.36. The van der Waals surface area contributed by atoms with Crippen LogP contribution in [0.15, 0.2) is 29.2 Å². The quantitative estimate of drug-likeness (QED) is 0.553. The van der Waals surface area contributed by atoms with E-state index in [-0.39, 0.29) is 17.8 Å². The molecule has 7 heteroatoms. The van der Waals surface area contributed by atoms with Gasteiger partial charge in [0.1, 0.15) is 5.75 Å². The van der Waals surface area contributed by atoms with Gasteiger partial charge in [-0.3, -0.25) is 9.59 Å². The number of Topliss-reactive ketones (excluding diaryl/α,β-unsaturated/α-hetero) is 1. The Kier molecular flexibility index (Phi) is 6.46. The number of aryl methyl sites for hydroxylation is 1. The number of rotatable bonds is 7. The topological polar surface area (TPSA) is 88.5 Å². The smallest absolute Gasteiger partial charge is 0.255 e. The fraction of sp³-hybridized carbons (Fsp3) is 0.480. The third-order valence-corrected chi connectivity index (χ3v) is 6.85. The first kappa shape index (κ1) is 22.3. The average molecular weight is 437 g/mol. The third-order valence-electron chi connectivity index (χ3n) is 6.85. The monoisotopic (exact) mass is 436 g/mol. The van der Waals surface area contributed by atoms with Crippen LogP contribution in [0.3, 0.4) is 0 Å². The van der Waals surface area contributed by atoms with Crippen LogP contribution >= 0.6 is 0 Å². The third kappa shape index (κ3) is 4.09. The van der Waals surface area contributed by atoms with E-state index in [4.69, 9.17) is 4.74 Å². The number of ketones is 1. The molecule has 1 atom stereocenters. The van der Waals surface area contributed by atoms with Gasteiger partial charge in [-0.25, -0.2) is 4.52 Å². The fourth-order valence-electron chi connectivity index (χ4n) is 5.15. The molecule has 1 saturated heterocycles. The molecule has 1 aliphatic heterocycles. The number of aromatic amines is 1. The summed E-state index contributed by atoms with van der Waals surface area (Å²) in [6.45, 7) is 8.17. The Bertz CT molecular complexity index is 1190. The van der Waals surface area contributed by atoms with Gasteiger partial charge >= 0.3 is 0 Å². The summed E-state index contributed by atoms with van der Waals surface area (Å²) < 4.78 is 7.34. The average Bonchev–Trinajstić information content (AvgIpc) is 3.09. The summed E-state index contributed by atoms with van der Waals surface area (Å²) in [5.41, 5.74) is 4.74. The number of hydrogen-bond acceptors (Lipinski definition) is 5. The van der Waals surface area contributed by atoms with Crippen LogP contribution in [-0.2, 0) is 6.42 Å². The van der Waals surface area contributed by atoms with E-state index < -0.39 is 0 Å². The zero-order valence-electron chi connectivity index (χ0n) is 19.3. The molecule has 32 heavy (non-hydrogen) atoms. The zero-order chi connectivity index (χ0) is 22.8. The molecule has 4 heterocycles. The highest BCUT2D eigenvalue weighted by Gasteiger charge is 2.29. The largest absolute Gasteiger partial charge is 0.496 e. The number of carbonyl (C=O) groups is 1. The van der Waals surface area contributed by atoms with E-state index in [1.54, 1.807) is 19.4 Å². The zero-order valence-corrected chi connectivity index (χ0v) is 19.3. The van der Waals surface area contributed by atoms with Crippen LogP contribution in [0.5, 0.6) is 5.75 Å². The molecule has 0 radical (unpaired) electrons. The van der Waals surface area contributed by atoms with Crippen molar-refractivity contribution in [2.24, 2.45) is 5.92 Å². The Morgan fingerprint density at radius 2 is 2.06 bits per heavy atom. The van der Waals surface area contributed by atoms with Gasteiger partial charge in [-0.2, -0.15) is 5.10 Å². The van der Waals surface area contributed by atoms with Crippen LogP contribution in [0.1, 0.15) is 65.0 Å². The number of carbonyl (C=O) groups excluding carboxylic acids is 1. The number of pyridine rings is 1. The minimum Gasteiger partial charge on any atom is -0.496 e. The van der Waals surface area contributed by atoms with Gasteiger partial charge in [0.2, 0.25) is 0 Å². The second kappa shape index (κ2) is 9.28. The van der Waals surface area contributed by atoms with Gasteiger partial charge < -0.3 is 15.0 Å². The second-order valence-electron chi connectivity index (χ2n) is 8.83. The van der Waals surface area contributed by atoms with Crippen molar-refractivity contribution in [2.75, 3.05) is 20.2 Å². The maximum atomic E-state index is 13.4. The Labute approximate surface area is 188 Å². The summed E-state index contributed by atoms with van der Waals surface area (Å²) in [7, 11) is 1.55. The summed E-state index contributed by atoms with van der Waals surface area (Å²) in [5, 5.41) is 8.04. The number of piperidine rings is 1. The number of H-pyrrole nitrogens is 1. The van der Waals surface area contributed by atoms with Crippen LogP contribution in [-0.4, -0.2) is 40.6 Å². The molecule has 170 valence electrons. The van der Waals surface area contributed by atoms with Gasteiger partial charge in [0.05, 0.1) is 18.2 Å². The van der Waals surface area contributed by atoms with Crippen molar-refractivity contribution in [1.82, 2.24) is 19.9 Å². The first-order chi connectivity index (χ1) is 15.4. The van der Waals surface area contributed by atoms with Crippen LogP contribution < -0.4 is 15.6 Å². The van der Waals surface area contributed by atoms with E-state index in [2.05, 4.69) is 22.3 Å². The molecule has 0 spiro atoms. The van der Waals surface area contributed by atoms with Crippen molar-refractivity contribution in [1.29, 1.82) is 0 Å². The normalized spacial score (nSPS) is 15.8. The van der Waals surface area contributed by atoms with Crippen LogP contribution in [0.25, 0.3) is 5.52 Å². The van der Waals surface area contributed by atoms with Crippen molar-refractivity contribution < 1.29 is 9.53 Å². The van der Waals surface area contributed by atoms with Gasteiger partial charge in [-0.15, -0.1) is 0 Å². The number of nitrogens with zero attached hydrogens (tertiary/aromatic N) is 2. The molecule has 0 aromatic carbocycles. The highest BCUT2D eigenvalue weighted by atomic mass is 16.5. The number of hydrogen-bond donors (Lipinski definition) is 2. The summed E-state index contributed by atoms with van der Waals surface area (Å²) in [5.74, 6) is 1.42. The van der Waals surface area contributed by atoms with E-state index in [1.807, 2.05) is 30.5 Å². The van der Waals surface area contributed by atoms with E-state index in [9.17, 15) is 9.59 Å². The standard InChI is InChI=1S/C25H32N4O3/c1-15-14-22(32-4)19(25(31)28-15)7-8-21(30)23-17(3)24(29-20(23)6-5-11-27-29)16(2)18-9-12-26-13-10-18/h5-6,11,14,16,18,26H,7-10,12-13H2,1-4H3,(H,28,31). The number of fused-ring (bicyclic) bond motifs is 1. The maximum Gasteiger partial charge on any atom is 0.255 e. The van der Waals surface area contributed by atoms with Crippen molar-refractivity contribution >= 4 is 11.3 Å². The molecule has 4 rings (SSSR count). The van der Waals surface area contributed by atoms with E-state index in [1.165, 1.54) is 0 Å². The minimum absolute atomic E-state index is 0.0267. The maximum absolute atomic E-state index is 13.4. The molecular formula is C25H32N4O3. The number of nitrogens with one attached hydrogen (secondary N) is 2. The van der Waals surface area contributed by atoms with Crippen molar-refractivity contribution in [3.8, 4) is 5.75 Å². The van der Waals surface area contributed by atoms with Crippen molar-refractivity contribution in [2.45, 2.75) is 52.4 Å². The van der Waals surface area contributed by atoms with Gasteiger partial charge in [0, 0.05) is 35.5 Å². The molecule has 0 amide bonds. The van der Waals surface area contributed by atoms with Crippen LogP contribution in [0.2, 0.25) is 0 Å². The Hall–Kier alpha value is -2.93. The molecule has 7 nitrogen and oxygen atoms in total. The van der Waals surface area contributed by atoms with E-state index in [0.29, 0.717) is 29.6 Å². The lowest BCUT2D eigenvalue weighted by molar-refractivity contribution is 0.0983. The lowest BCUT2D eigenvalue weighted by Gasteiger charge is -2.28. The van der Waals surface area contributed by atoms with E-state index >= 15 is 0 Å². The molecule has 2 N–H and O–H groups in total. The molecule has 3 aromatic rings. The van der Waals surface area contributed by atoms with Crippen LogP contribution in [0, 0.1) is 19.8 Å². The number of aromatic nitrogens is 3. The second-order valence-corrected chi connectivity index (χ2v) is 8.83. The first-order valence-electron chi connectivity index (χ1n) is 11.4. The van der Waals surface area contributed by atoms with Gasteiger partial charge in [0.15, 0.2) is 5.78 Å². The van der Waals surface area contributed by atoms with Gasteiger partial charge in [-0.1, -0.05) is 6.92 Å². The fourth-order valence-corrected chi connectivity index (χ4v) is 5.15. The predicted octanol–water partition coefficient (Wildman–Crippen LogP) is 3.57. The van der Waals surface area contributed by atoms with E-state index in [0.717, 1.165) is 54.0 Å². The van der Waals surface area contributed by atoms with Crippen molar-refractivity contribution in [3.05, 3.63) is 62.8 Å². The van der Waals surface area contributed by atoms with Crippen molar-refractivity contribution in [3.63, 3.8) is 0 Å².